The Morgan fingerprint density at radius 1 is 1.15 bits per heavy atom. The highest BCUT2D eigenvalue weighted by molar-refractivity contribution is 8.00. The second-order valence-electron chi connectivity index (χ2n) is 8.27. The van der Waals surface area contributed by atoms with Crippen LogP contribution in [0.5, 0.6) is 0 Å². The molecule has 1 fully saturated rings. The Bertz CT molecular complexity index is 1360. The number of thioether (sulfide) groups is 1. The first-order valence-corrected chi connectivity index (χ1v) is 11.9. The molecule has 1 amide bonds. The minimum absolute atomic E-state index is 0.0420. The minimum Gasteiger partial charge on any atom is -0.376 e. The maximum atomic E-state index is 12.9. The van der Waals surface area contributed by atoms with Gasteiger partial charge >= 0.3 is 5.69 Å². The summed E-state index contributed by atoms with van der Waals surface area (Å²) in [7, 11) is 0. The number of benzene rings is 2. The van der Waals surface area contributed by atoms with Crippen LogP contribution in [0.3, 0.4) is 0 Å². The Morgan fingerprint density at radius 3 is 2.56 bits per heavy atom. The van der Waals surface area contributed by atoms with Crippen molar-refractivity contribution in [1.29, 1.82) is 0 Å². The number of nitrogens with zero attached hydrogens (tertiary/aromatic N) is 2. The SMILES string of the molecule is CC(Sc1n[nH]c(=O)n1CC1CCCO1)C(=O)Nc1ccc2c(c1)C(=O)c1ccccc1C2=O. The highest BCUT2D eigenvalue weighted by Gasteiger charge is 2.30. The van der Waals surface area contributed by atoms with Gasteiger partial charge in [0, 0.05) is 34.5 Å². The average molecular weight is 479 g/mol. The van der Waals surface area contributed by atoms with E-state index >= 15 is 0 Å². The highest BCUT2D eigenvalue weighted by atomic mass is 32.2. The van der Waals surface area contributed by atoms with Crippen LogP contribution in [0.2, 0.25) is 0 Å². The number of ether oxygens (including phenoxy) is 1. The van der Waals surface area contributed by atoms with E-state index in [2.05, 4.69) is 15.5 Å². The summed E-state index contributed by atoms with van der Waals surface area (Å²) in [6, 6.07) is 11.4. The number of nitrogens with one attached hydrogen (secondary N) is 2. The van der Waals surface area contributed by atoms with Crippen molar-refractivity contribution >= 4 is 34.9 Å². The van der Waals surface area contributed by atoms with Gasteiger partial charge in [0.25, 0.3) is 0 Å². The molecule has 1 aliphatic carbocycles. The third-order valence-electron chi connectivity index (χ3n) is 5.98. The average Bonchev–Trinajstić information content (AvgIpc) is 3.48. The molecule has 0 bridgehead atoms. The number of aromatic amines is 1. The molecule has 2 atom stereocenters. The van der Waals surface area contributed by atoms with Gasteiger partial charge < -0.3 is 10.1 Å². The molecule has 0 saturated carbocycles. The van der Waals surface area contributed by atoms with Crippen LogP contribution in [-0.4, -0.2) is 50.2 Å². The van der Waals surface area contributed by atoms with E-state index < -0.39 is 5.25 Å². The molecule has 2 N–H and O–H groups in total. The molecule has 1 aromatic heterocycles. The molecular weight excluding hydrogens is 456 g/mol. The number of H-pyrrole nitrogens is 1. The molecular formula is C24H22N4O5S. The van der Waals surface area contributed by atoms with Gasteiger partial charge in [0.05, 0.1) is 17.9 Å². The third kappa shape index (κ3) is 4.10. The number of anilines is 1. The van der Waals surface area contributed by atoms with Crippen molar-refractivity contribution in [2.24, 2.45) is 0 Å². The van der Waals surface area contributed by atoms with Crippen molar-refractivity contribution in [3.63, 3.8) is 0 Å². The summed E-state index contributed by atoms with van der Waals surface area (Å²) in [5.41, 5.74) is 1.39. The molecule has 10 heteroatoms. The van der Waals surface area contributed by atoms with E-state index in [-0.39, 0.29) is 34.8 Å². The van der Waals surface area contributed by atoms with Crippen molar-refractivity contribution in [1.82, 2.24) is 14.8 Å². The lowest BCUT2D eigenvalue weighted by Gasteiger charge is -2.19. The zero-order valence-corrected chi connectivity index (χ0v) is 19.2. The van der Waals surface area contributed by atoms with E-state index in [9.17, 15) is 19.2 Å². The number of carbonyl (C=O) groups excluding carboxylic acids is 3. The van der Waals surface area contributed by atoms with Gasteiger partial charge in [-0.3, -0.25) is 19.0 Å². The second kappa shape index (κ2) is 9.03. The number of hydrogen-bond acceptors (Lipinski definition) is 7. The molecule has 3 aromatic rings. The first-order valence-electron chi connectivity index (χ1n) is 11.0. The van der Waals surface area contributed by atoms with Crippen LogP contribution in [0.1, 0.15) is 51.6 Å². The minimum atomic E-state index is -0.576. The summed E-state index contributed by atoms with van der Waals surface area (Å²) in [5.74, 6) is -0.785. The fourth-order valence-corrected chi connectivity index (χ4v) is 5.04. The zero-order valence-electron chi connectivity index (χ0n) is 18.4. The Hall–Kier alpha value is -3.50. The number of rotatable bonds is 6. The summed E-state index contributed by atoms with van der Waals surface area (Å²) in [4.78, 5) is 50.7. The van der Waals surface area contributed by atoms with E-state index in [4.69, 9.17) is 4.74 Å². The summed E-state index contributed by atoms with van der Waals surface area (Å²) >= 11 is 1.15. The maximum absolute atomic E-state index is 12.9. The predicted octanol–water partition coefficient (Wildman–Crippen LogP) is 2.65. The van der Waals surface area contributed by atoms with E-state index in [0.717, 1.165) is 24.6 Å². The van der Waals surface area contributed by atoms with Crippen LogP contribution in [-0.2, 0) is 16.1 Å². The topological polar surface area (TPSA) is 123 Å². The zero-order chi connectivity index (χ0) is 23.8. The number of carbonyl (C=O) groups is 3. The molecule has 2 aromatic carbocycles. The number of hydrogen-bond donors (Lipinski definition) is 2. The standard InChI is InChI=1S/C24H22N4O5S/c1-13(34-24-27-26-23(32)28(24)12-15-5-4-10-33-15)22(31)25-14-8-9-18-19(11-14)21(30)17-7-3-2-6-16(17)20(18)29/h2-3,6-9,11,13,15H,4-5,10,12H2,1H3,(H,25,31)(H,26,32). The van der Waals surface area contributed by atoms with Gasteiger partial charge in [0.15, 0.2) is 16.7 Å². The van der Waals surface area contributed by atoms with Crippen LogP contribution in [0.15, 0.2) is 52.4 Å². The molecule has 5 rings (SSSR count). The number of fused-ring (bicyclic) bond motifs is 2. The molecule has 0 spiro atoms. The van der Waals surface area contributed by atoms with Crippen molar-refractivity contribution in [2.45, 2.75) is 42.8 Å². The highest BCUT2D eigenvalue weighted by Crippen LogP contribution is 2.30. The second-order valence-corrected chi connectivity index (χ2v) is 9.58. The van der Waals surface area contributed by atoms with E-state index in [1.807, 2.05) is 0 Å². The monoisotopic (exact) mass is 478 g/mol. The summed E-state index contributed by atoms with van der Waals surface area (Å²) in [6.45, 7) is 2.77. The lowest BCUT2D eigenvalue weighted by Crippen LogP contribution is -2.27. The first-order chi connectivity index (χ1) is 16.4. The fraction of sp³-hybridized carbons (Fsp3) is 0.292. The number of aromatic nitrogens is 3. The Balaban J connectivity index is 1.30. The normalized spacial score (nSPS) is 17.9. The third-order valence-corrected chi connectivity index (χ3v) is 7.07. The number of ketones is 2. The predicted molar refractivity (Wildman–Crippen MR) is 126 cm³/mol. The van der Waals surface area contributed by atoms with Gasteiger partial charge in [0.1, 0.15) is 0 Å². The Morgan fingerprint density at radius 2 is 1.85 bits per heavy atom. The Labute approximate surface area is 198 Å². The van der Waals surface area contributed by atoms with E-state index in [0.29, 0.717) is 40.7 Å². The van der Waals surface area contributed by atoms with Gasteiger partial charge in [-0.1, -0.05) is 36.0 Å². The lowest BCUT2D eigenvalue weighted by molar-refractivity contribution is -0.115. The van der Waals surface area contributed by atoms with Crippen molar-refractivity contribution in [2.75, 3.05) is 11.9 Å². The van der Waals surface area contributed by atoms with E-state index in [1.165, 1.54) is 10.6 Å². The molecule has 0 radical (unpaired) electrons. The fourth-order valence-electron chi connectivity index (χ4n) is 4.18. The van der Waals surface area contributed by atoms with Crippen LogP contribution in [0.4, 0.5) is 5.69 Å². The van der Waals surface area contributed by atoms with Gasteiger partial charge in [-0.2, -0.15) is 0 Å². The molecule has 1 aliphatic heterocycles. The van der Waals surface area contributed by atoms with Crippen molar-refractivity contribution in [3.8, 4) is 0 Å². The summed E-state index contributed by atoms with van der Waals surface area (Å²) < 4.78 is 7.10. The van der Waals surface area contributed by atoms with Gasteiger partial charge in [-0.25, -0.2) is 9.89 Å². The Kier molecular flexibility index (Phi) is 5.93. The molecule has 2 aliphatic rings. The molecule has 2 unspecified atom stereocenters. The number of amides is 1. The van der Waals surface area contributed by atoms with Crippen LogP contribution >= 0.6 is 11.8 Å². The molecule has 174 valence electrons. The van der Waals surface area contributed by atoms with Crippen LogP contribution in [0.25, 0.3) is 0 Å². The van der Waals surface area contributed by atoms with Crippen LogP contribution in [0, 0.1) is 0 Å². The largest absolute Gasteiger partial charge is 0.376 e. The smallest absolute Gasteiger partial charge is 0.344 e. The lowest BCUT2D eigenvalue weighted by atomic mass is 9.84. The van der Waals surface area contributed by atoms with Crippen molar-refractivity contribution in [3.05, 3.63) is 75.2 Å². The van der Waals surface area contributed by atoms with Gasteiger partial charge in [0.2, 0.25) is 5.91 Å². The molecule has 1 saturated heterocycles. The van der Waals surface area contributed by atoms with E-state index in [1.54, 1.807) is 43.3 Å². The van der Waals surface area contributed by atoms with Gasteiger partial charge in [-0.15, -0.1) is 5.10 Å². The van der Waals surface area contributed by atoms with Crippen molar-refractivity contribution < 1.29 is 19.1 Å². The first kappa shape index (κ1) is 22.3. The molecule has 34 heavy (non-hydrogen) atoms. The molecule has 2 heterocycles. The summed E-state index contributed by atoms with van der Waals surface area (Å²) in [5, 5.41) is 9.12. The maximum Gasteiger partial charge on any atom is 0.344 e. The quantitative estimate of drug-likeness (QED) is 0.408. The van der Waals surface area contributed by atoms with Gasteiger partial charge in [-0.05, 0) is 38.0 Å². The molecule has 9 nitrogen and oxygen atoms in total. The summed E-state index contributed by atoms with van der Waals surface area (Å²) in [6.07, 6.45) is 1.79. The van der Waals surface area contributed by atoms with Crippen LogP contribution < -0.4 is 11.0 Å².